The van der Waals surface area contributed by atoms with Gasteiger partial charge in [-0.05, 0) is 30.3 Å². The minimum absolute atomic E-state index is 0.107. The van der Waals surface area contributed by atoms with Crippen LogP contribution >= 0.6 is 0 Å². The molecule has 0 saturated heterocycles. The van der Waals surface area contributed by atoms with Gasteiger partial charge in [0.1, 0.15) is 11.4 Å². The van der Waals surface area contributed by atoms with Crippen LogP contribution in [0.25, 0.3) is 0 Å². The third kappa shape index (κ3) is 1.90. The average Bonchev–Trinajstić information content (AvgIpc) is 2.17. The first kappa shape index (κ1) is 9.38. The standard InChI is InChI=1S/C9H10N2O2/c1-6(10-2)8-5-7(11-13)3-4-9(8)12/h3-5,12H,1-2H3. The number of nitrogens with zero attached hydrogens (tertiary/aromatic N) is 2. The molecule has 1 rings (SSSR count). The van der Waals surface area contributed by atoms with Crippen molar-refractivity contribution in [1.82, 2.24) is 0 Å². The van der Waals surface area contributed by atoms with Gasteiger partial charge >= 0.3 is 0 Å². The lowest BCUT2D eigenvalue weighted by molar-refractivity contribution is 0.474. The Hall–Kier alpha value is -1.71. The second-order valence-electron chi connectivity index (χ2n) is 2.60. The normalized spacial score (nSPS) is 11.4. The Balaban J connectivity index is 3.26. The number of benzene rings is 1. The molecule has 0 bridgehead atoms. The molecule has 4 nitrogen and oxygen atoms in total. The molecule has 1 N–H and O–H groups in total. The highest BCUT2D eigenvalue weighted by molar-refractivity contribution is 6.01. The third-order valence-electron chi connectivity index (χ3n) is 1.81. The summed E-state index contributed by atoms with van der Waals surface area (Å²) in [6.45, 7) is 1.75. The molecule has 0 unspecified atom stereocenters. The molecule has 0 aliphatic carbocycles. The minimum atomic E-state index is 0.107. The van der Waals surface area contributed by atoms with Crippen molar-refractivity contribution in [2.24, 2.45) is 10.2 Å². The largest absolute Gasteiger partial charge is 0.507 e. The van der Waals surface area contributed by atoms with E-state index in [2.05, 4.69) is 10.2 Å². The van der Waals surface area contributed by atoms with Gasteiger partial charge in [0.15, 0.2) is 0 Å². The predicted octanol–water partition coefficient (Wildman–Crippen LogP) is 2.23. The number of phenolic OH excluding ortho intramolecular Hbond substituents is 1. The van der Waals surface area contributed by atoms with Gasteiger partial charge in [0, 0.05) is 18.3 Å². The van der Waals surface area contributed by atoms with Crippen LogP contribution in [-0.4, -0.2) is 17.9 Å². The summed E-state index contributed by atoms with van der Waals surface area (Å²) in [7, 11) is 1.62. The van der Waals surface area contributed by atoms with Crippen molar-refractivity contribution >= 4 is 11.4 Å². The molecule has 0 atom stereocenters. The third-order valence-corrected chi connectivity index (χ3v) is 1.81. The van der Waals surface area contributed by atoms with E-state index in [1.807, 2.05) is 0 Å². The summed E-state index contributed by atoms with van der Waals surface area (Å²) in [6.07, 6.45) is 0. The molecular weight excluding hydrogens is 168 g/mol. The Bertz CT molecular complexity index is 359. The summed E-state index contributed by atoms with van der Waals surface area (Å²) in [5, 5.41) is 12.2. The fourth-order valence-electron chi connectivity index (χ4n) is 0.991. The van der Waals surface area contributed by atoms with E-state index in [1.54, 1.807) is 14.0 Å². The van der Waals surface area contributed by atoms with E-state index in [0.29, 0.717) is 11.3 Å². The van der Waals surface area contributed by atoms with Crippen LogP contribution < -0.4 is 0 Å². The van der Waals surface area contributed by atoms with Gasteiger partial charge in [0.25, 0.3) is 0 Å². The van der Waals surface area contributed by atoms with Crippen molar-refractivity contribution in [1.29, 1.82) is 0 Å². The van der Waals surface area contributed by atoms with Crippen LogP contribution in [0.15, 0.2) is 28.4 Å². The molecular formula is C9H10N2O2. The molecule has 0 radical (unpaired) electrons. The first-order valence-electron chi connectivity index (χ1n) is 3.79. The maximum absolute atomic E-state index is 10.2. The predicted molar refractivity (Wildman–Crippen MR) is 51.7 cm³/mol. The van der Waals surface area contributed by atoms with Gasteiger partial charge in [-0.25, -0.2) is 0 Å². The van der Waals surface area contributed by atoms with Crippen molar-refractivity contribution in [2.45, 2.75) is 6.92 Å². The van der Waals surface area contributed by atoms with Crippen molar-refractivity contribution < 1.29 is 5.11 Å². The highest BCUT2D eigenvalue weighted by Crippen LogP contribution is 2.23. The fourth-order valence-corrected chi connectivity index (χ4v) is 0.991. The monoisotopic (exact) mass is 178 g/mol. The number of phenols is 1. The lowest BCUT2D eigenvalue weighted by atomic mass is 10.1. The SMILES string of the molecule is CN=C(C)c1cc(N=O)ccc1O. The topological polar surface area (TPSA) is 62.0 Å². The van der Waals surface area contributed by atoms with Crippen LogP contribution in [0.1, 0.15) is 12.5 Å². The van der Waals surface area contributed by atoms with E-state index in [-0.39, 0.29) is 11.4 Å². The molecule has 13 heavy (non-hydrogen) atoms. The van der Waals surface area contributed by atoms with Crippen LogP contribution in [0.2, 0.25) is 0 Å². The zero-order valence-electron chi connectivity index (χ0n) is 7.48. The van der Waals surface area contributed by atoms with Crippen LogP contribution in [0.3, 0.4) is 0 Å². The molecule has 0 fully saturated rings. The van der Waals surface area contributed by atoms with E-state index in [9.17, 15) is 10.0 Å². The summed E-state index contributed by atoms with van der Waals surface area (Å²) < 4.78 is 0. The van der Waals surface area contributed by atoms with Crippen molar-refractivity contribution in [2.75, 3.05) is 7.05 Å². The van der Waals surface area contributed by atoms with Crippen molar-refractivity contribution in [3.8, 4) is 5.75 Å². The van der Waals surface area contributed by atoms with E-state index < -0.39 is 0 Å². The summed E-state index contributed by atoms with van der Waals surface area (Å²) in [6, 6.07) is 4.39. The van der Waals surface area contributed by atoms with E-state index >= 15 is 0 Å². The molecule has 0 aliphatic rings. The van der Waals surface area contributed by atoms with Crippen LogP contribution in [-0.2, 0) is 0 Å². The second-order valence-corrected chi connectivity index (χ2v) is 2.60. The van der Waals surface area contributed by atoms with Gasteiger partial charge < -0.3 is 5.11 Å². The van der Waals surface area contributed by atoms with Crippen LogP contribution in [0.5, 0.6) is 5.75 Å². The number of hydrogen-bond donors (Lipinski definition) is 1. The van der Waals surface area contributed by atoms with Crippen molar-refractivity contribution in [3.05, 3.63) is 28.7 Å². The van der Waals surface area contributed by atoms with Crippen molar-refractivity contribution in [3.63, 3.8) is 0 Å². The molecule has 0 aromatic heterocycles. The maximum Gasteiger partial charge on any atom is 0.124 e. The van der Waals surface area contributed by atoms with Crippen LogP contribution in [0.4, 0.5) is 5.69 Å². The molecule has 0 amide bonds. The quantitative estimate of drug-likeness (QED) is 0.557. The molecule has 0 saturated carbocycles. The Morgan fingerprint density at radius 3 is 2.69 bits per heavy atom. The highest BCUT2D eigenvalue weighted by Gasteiger charge is 2.05. The highest BCUT2D eigenvalue weighted by atomic mass is 16.3. The molecule has 4 heteroatoms. The van der Waals surface area contributed by atoms with Gasteiger partial charge in [-0.2, -0.15) is 0 Å². The zero-order valence-corrected chi connectivity index (χ0v) is 7.48. The molecule has 1 aromatic carbocycles. The number of aliphatic imine (C=N–C) groups is 1. The number of aromatic hydroxyl groups is 1. The summed E-state index contributed by atoms with van der Waals surface area (Å²) in [5.74, 6) is 0.107. The first-order chi connectivity index (χ1) is 6.19. The lowest BCUT2D eigenvalue weighted by Crippen LogP contribution is -1.94. The molecule has 1 aromatic rings. The fraction of sp³-hybridized carbons (Fsp3) is 0.222. The first-order valence-corrected chi connectivity index (χ1v) is 3.79. The van der Waals surface area contributed by atoms with Gasteiger partial charge in [-0.3, -0.25) is 4.99 Å². The van der Waals surface area contributed by atoms with Gasteiger partial charge in [-0.1, -0.05) is 0 Å². The second kappa shape index (κ2) is 3.80. The summed E-state index contributed by atoms with van der Waals surface area (Å²) in [5.41, 5.74) is 1.50. The average molecular weight is 178 g/mol. The van der Waals surface area contributed by atoms with E-state index in [4.69, 9.17) is 0 Å². The number of nitroso groups, excluding NO2 is 1. The van der Waals surface area contributed by atoms with Gasteiger partial charge in [0.05, 0.1) is 0 Å². The Morgan fingerprint density at radius 2 is 2.15 bits per heavy atom. The Morgan fingerprint density at radius 1 is 1.46 bits per heavy atom. The van der Waals surface area contributed by atoms with E-state index in [1.165, 1.54) is 18.2 Å². The Kier molecular flexibility index (Phi) is 2.74. The summed E-state index contributed by atoms with van der Waals surface area (Å²) in [4.78, 5) is 14.1. The molecule has 68 valence electrons. The maximum atomic E-state index is 10.2. The number of rotatable bonds is 2. The van der Waals surface area contributed by atoms with Gasteiger partial charge in [0.2, 0.25) is 0 Å². The smallest absolute Gasteiger partial charge is 0.124 e. The van der Waals surface area contributed by atoms with Crippen LogP contribution in [0, 0.1) is 4.91 Å². The van der Waals surface area contributed by atoms with E-state index in [0.717, 1.165) is 0 Å². The lowest BCUT2D eigenvalue weighted by Gasteiger charge is -2.02. The Labute approximate surface area is 75.9 Å². The summed E-state index contributed by atoms with van der Waals surface area (Å²) >= 11 is 0. The number of hydrogen-bond acceptors (Lipinski definition) is 4. The van der Waals surface area contributed by atoms with Gasteiger partial charge in [-0.15, -0.1) is 4.91 Å². The zero-order chi connectivity index (χ0) is 9.84. The molecule has 0 aliphatic heterocycles. The minimum Gasteiger partial charge on any atom is -0.507 e. The molecule has 0 spiro atoms. The molecule has 0 heterocycles.